The van der Waals surface area contributed by atoms with Crippen LogP contribution in [-0.2, 0) is 18.4 Å². The number of hydrogen-bond acceptors (Lipinski definition) is 6. The van der Waals surface area contributed by atoms with Gasteiger partial charge in [0.15, 0.2) is 0 Å². The maximum absolute atomic E-state index is 12.9. The summed E-state index contributed by atoms with van der Waals surface area (Å²) in [5, 5.41) is 13.9. The number of aliphatic hydroxyl groups excluding tert-OH is 1. The van der Waals surface area contributed by atoms with E-state index in [1.54, 1.807) is 0 Å². The van der Waals surface area contributed by atoms with Crippen molar-refractivity contribution in [3.8, 4) is 0 Å². The lowest BCUT2D eigenvalue weighted by molar-refractivity contribution is -0.870. The first-order valence-electron chi connectivity index (χ1n) is 26.5. The Morgan fingerprint density at radius 3 is 1.41 bits per heavy atom. The minimum absolute atomic E-state index is 0.0122. The van der Waals surface area contributed by atoms with Crippen LogP contribution in [0.2, 0.25) is 0 Å². The number of aliphatic hydroxyl groups is 1. The smallest absolute Gasteiger partial charge is 0.268 e. The number of phosphoric ester groups is 1. The van der Waals surface area contributed by atoms with Gasteiger partial charge in [0.05, 0.1) is 39.9 Å². The highest BCUT2D eigenvalue weighted by atomic mass is 31.2. The number of quaternary nitrogens is 1. The van der Waals surface area contributed by atoms with E-state index in [9.17, 15) is 19.4 Å². The minimum Gasteiger partial charge on any atom is -0.756 e. The van der Waals surface area contributed by atoms with Crippen LogP contribution >= 0.6 is 7.82 Å². The Bertz CT molecular complexity index is 1170. The third kappa shape index (κ3) is 48.2. The quantitative estimate of drug-likeness (QED) is 0.0272. The van der Waals surface area contributed by atoms with Gasteiger partial charge >= 0.3 is 0 Å². The summed E-state index contributed by atoms with van der Waals surface area (Å²) < 4.78 is 23.3. The molecular formula is C54H103N2O6P. The van der Waals surface area contributed by atoms with Crippen LogP contribution in [0, 0.1) is 0 Å². The third-order valence-electron chi connectivity index (χ3n) is 11.8. The predicted molar refractivity (Wildman–Crippen MR) is 270 cm³/mol. The molecule has 0 aliphatic carbocycles. The number of unbranched alkanes of at least 4 members (excludes halogenated alkanes) is 27. The van der Waals surface area contributed by atoms with E-state index in [1.807, 2.05) is 21.1 Å². The van der Waals surface area contributed by atoms with Crippen molar-refractivity contribution < 1.29 is 32.9 Å². The molecule has 0 fully saturated rings. The lowest BCUT2D eigenvalue weighted by atomic mass is 10.0. The SMILES string of the molecule is CC/C=C\C/C=C\C/C=C\C/C=C\CCCCCCCCCCCCCCCCCCC(=O)NC(COP(=O)([O-])OCC[N+](C)(C)C)C(O)CCCCCCCCCCCCCC. The molecule has 370 valence electrons. The zero-order valence-corrected chi connectivity index (χ0v) is 42.9. The molecule has 0 aromatic rings. The first-order valence-corrected chi connectivity index (χ1v) is 27.9. The van der Waals surface area contributed by atoms with E-state index in [0.717, 1.165) is 64.2 Å². The minimum atomic E-state index is -4.57. The van der Waals surface area contributed by atoms with Gasteiger partial charge in [-0.2, -0.15) is 0 Å². The van der Waals surface area contributed by atoms with Crippen LogP contribution in [-0.4, -0.2) is 68.5 Å². The molecule has 0 aromatic carbocycles. The van der Waals surface area contributed by atoms with Gasteiger partial charge in [0.1, 0.15) is 13.2 Å². The van der Waals surface area contributed by atoms with Gasteiger partial charge in [-0.3, -0.25) is 9.36 Å². The molecule has 1 amide bonds. The third-order valence-corrected chi connectivity index (χ3v) is 12.8. The fourth-order valence-electron chi connectivity index (χ4n) is 7.68. The van der Waals surface area contributed by atoms with E-state index >= 15 is 0 Å². The number of carbonyl (C=O) groups is 1. The number of amides is 1. The second kappa shape index (κ2) is 45.6. The van der Waals surface area contributed by atoms with Crippen molar-refractivity contribution in [2.24, 2.45) is 0 Å². The van der Waals surface area contributed by atoms with Crippen LogP contribution < -0.4 is 10.2 Å². The lowest BCUT2D eigenvalue weighted by Gasteiger charge is -2.30. The monoisotopic (exact) mass is 907 g/mol. The van der Waals surface area contributed by atoms with Crippen LogP contribution in [0.15, 0.2) is 48.6 Å². The van der Waals surface area contributed by atoms with E-state index in [1.165, 1.54) is 148 Å². The van der Waals surface area contributed by atoms with Gasteiger partial charge in [0, 0.05) is 6.42 Å². The number of nitrogens with zero attached hydrogens (tertiary/aromatic N) is 1. The van der Waals surface area contributed by atoms with Gasteiger partial charge in [-0.15, -0.1) is 0 Å². The summed E-state index contributed by atoms with van der Waals surface area (Å²) in [5.74, 6) is -0.165. The van der Waals surface area contributed by atoms with E-state index in [2.05, 4.69) is 67.8 Å². The van der Waals surface area contributed by atoms with Crippen molar-refractivity contribution in [2.75, 3.05) is 40.9 Å². The Morgan fingerprint density at radius 1 is 0.571 bits per heavy atom. The lowest BCUT2D eigenvalue weighted by Crippen LogP contribution is -2.46. The molecule has 2 N–H and O–H groups in total. The van der Waals surface area contributed by atoms with Gasteiger partial charge < -0.3 is 28.8 Å². The number of carbonyl (C=O) groups excluding carboxylic acids is 1. The number of phosphoric acid groups is 1. The van der Waals surface area contributed by atoms with Crippen LogP contribution in [0.1, 0.15) is 239 Å². The molecule has 0 radical (unpaired) electrons. The molecule has 0 aromatic heterocycles. The zero-order valence-electron chi connectivity index (χ0n) is 42.0. The number of likely N-dealkylation sites (N-methyl/N-ethyl adjacent to an activating group) is 1. The highest BCUT2D eigenvalue weighted by molar-refractivity contribution is 7.45. The summed E-state index contributed by atoms with van der Waals surface area (Å²) >= 11 is 0. The number of allylic oxidation sites excluding steroid dienone is 8. The van der Waals surface area contributed by atoms with E-state index in [4.69, 9.17) is 9.05 Å². The summed E-state index contributed by atoms with van der Waals surface area (Å²) in [5.41, 5.74) is 0. The number of nitrogens with one attached hydrogen (secondary N) is 1. The average molecular weight is 907 g/mol. The van der Waals surface area contributed by atoms with Gasteiger partial charge in [-0.25, -0.2) is 0 Å². The standard InChI is InChI=1S/C54H103N2O6P/c1-6-8-10-12-14-16-18-20-21-22-23-24-25-26-27-28-29-30-31-32-33-34-35-36-38-40-42-44-46-48-54(58)55-52(51-62-63(59,60)61-50-49-56(3,4)5)53(57)47-45-43-41-39-37-19-17-15-13-11-9-7-2/h8,10,14,16,20-21,23-24,52-53,57H,6-7,9,11-13,15,17-19,22,25-51H2,1-5H3,(H-,55,58,59,60)/b10-8-,16-14-,21-20-,24-23-. The molecule has 0 aliphatic rings. The maximum atomic E-state index is 12.9. The van der Waals surface area contributed by atoms with Crippen molar-refractivity contribution in [3.05, 3.63) is 48.6 Å². The first-order chi connectivity index (χ1) is 30.5. The van der Waals surface area contributed by atoms with E-state index < -0.39 is 20.0 Å². The second-order valence-corrected chi connectivity index (χ2v) is 20.6. The Balaban J connectivity index is 4.07. The topological polar surface area (TPSA) is 108 Å². The molecular weight excluding hydrogens is 804 g/mol. The van der Waals surface area contributed by atoms with Crippen molar-refractivity contribution >= 4 is 13.7 Å². The molecule has 0 aliphatic heterocycles. The Morgan fingerprint density at radius 2 is 0.968 bits per heavy atom. The van der Waals surface area contributed by atoms with Crippen LogP contribution in [0.3, 0.4) is 0 Å². The molecule has 3 unspecified atom stereocenters. The zero-order chi connectivity index (χ0) is 46.4. The van der Waals surface area contributed by atoms with Crippen LogP contribution in [0.5, 0.6) is 0 Å². The van der Waals surface area contributed by atoms with Crippen molar-refractivity contribution in [3.63, 3.8) is 0 Å². The molecule has 0 saturated carbocycles. The number of hydrogen-bond donors (Lipinski definition) is 2. The highest BCUT2D eigenvalue weighted by Crippen LogP contribution is 2.38. The first kappa shape index (κ1) is 61.5. The normalized spacial score (nSPS) is 14.5. The number of rotatable bonds is 48. The van der Waals surface area contributed by atoms with Crippen LogP contribution in [0.25, 0.3) is 0 Å². The molecule has 0 rings (SSSR count). The second-order valence-electron chi connectivity index (χ2n) is 19.2. The average Bonchev–Trinajstić information content (AvgIpc) is 3.24. The summed E-state index contributed by atoms with van der Waals surface area (Å²) in [6.45, 7) is 4.61. The molecule has 0 saturated heterocycles. The van der Waals surface area contributed by atoms with E-state index in [0.29, 0.717) is 23.9 Å². The predicted octanol–water partition coefficient (Wildman–Crippen LogP) is 15.0. The van der Waals surface area contributed by atoms with Gasteiger partial charge in [-0.1, -0.05) is 229 Å². The summed E-state index contributed by atoms with van der Waals surface area (Å²) in [4.78, 5) is 25.4. The van der Waals surface area contributed by atoms with E-state index in [-0.39, 0.29) is 19.1 Å². The summed E-state index contributed by atoms with van der Waals surface area (Å²) in [6, 6.07) is -0.799. The van der Waals surface area contributed by atoms with Crippen molar-refractivity contribution in [1.82, 2.24) is 5.32 Å². The molecule has 8 nitrogen and oxygen atoms in total. The molecule has 63 heavy (non-hydrogen) atoms. The fourth-order valence-corrected chi connectivity index (χ4v) is 8.40. The highest BCUT2D eigenvalue weighted by Gasteiger charge is 2.24. The molecule has 3 atom stereocenters. The van der Waals surface area contributed by atoms with Gasteiger partial charge in [0.25, 0.3) is 7.82 Å². The molecule has 0 heterocycles. The molecule has 9 heteroatoms. The van der Waals surface area contributed by atoms with Crippen molar-refractivity contribution in [1.29, 1.82) is 0 Å². The van der Waals surface area contributed by atoms with Crippen LogP contribution in [0.4, 0.5) is 0 Å². The maximum Gasteiger partial charge on any atom is 0.268 e. The Labute approximate surface area is 390 Å². The van der Waals surface area contributed by atoms with Gasteiger partial charge in [0.2, 0.25) is 5.91 Å². The summed E-state index contributed by atoms with van der Waals surface area (Å²) in [6.07, 6.45) is 58.5. The fraction of sp³-hybridized carbons (Fsp3) is 0.833. The van der Waals surface area contributed by atoms with Crippen molar-refractivity contribution in [2.45, 2.75) is 251 Å². The largest absolute Gasteiger partial charge is 0.756 e. The molecule has 0 bridgehead atoms. The van der Waals surface area contributed by atoms with Gasteiger partial charge in [-0.05, 0) is 51.4 Å². The summed E-state index contributed by atoms with van der Waals surface area (Å²) in [7, 11) is 1.31. The molecule has 0 spiro atoms. The Kier molecular flexibility index (Phi) is 44.5. The Hall–Kier alpha value is -1.54.